The van der Waals surface area contributed by atoms with Crippen LogP contribution in [0.4, 0.5) is 32.3 Å². The number of anilines is 1. The number of nitrogens with two attached hydrogens (primary N) is 1. The Morgan fingerprint density at radius 3 is 2.47 bits per heavy atom. The molecule has 2 aromatic heterocycles. The standard InChI is InChI=1S/C23H17F6N5O2/c1-10-2-3-13(11-4-5-34-16(6-11)32-22(30)33-34)19(27)17(10)21(36)31-9-23(28,29)20(35)18-14(25)7-12(24)8-15(18)26/h2-8,20,35H,9H2,1H3,(H2,30,33)(H,31,36). The summed E-state index contributed by atoms with van der Waals surface area (Å²) >= 11 is 0. The largest absolute Gasteiger partial charge is 0.382 e. The fourth-order valence-electron chi connectivity index (χ4n) is 3.65. The minimum Gasteiger partial charge on any atom is -0.382 e. The summed E-state index contributed by atoms with van der Waals surface area (Å²) in [5.74, 6) is -11.4. The van der Waals surface area contributed by atoms with E-state index in [2.05, 4.69) is 10.1 Å². The van der Waals surface area contributed by atoms with Crippen molar-refractivity contribution in [1.82, 2.24) is 19.9 Å². The van der Waals surface area contributed by atoms with E-state index in [9.17, 15) is 31.9 Å². The molecule has 0 aliphatic heterocycles. The molecule has 1 amide bonds. The first-order chi connectivity index (χ1) is 16.9. The first kappa shape index (κ1) is 25.0. The molecule has 1 atom stereocenters. The van der Waals surface area contributed by atoms with Crippen LogP contribution in [0.1, 0.15) is 27.6 Å². The van der Waals surface area contributed by atoms with Gasteiger partial charge in [-0.25, -0.2) is 30.9 Å². The van der Waals surface area contributed by atoms with Gasteiger partial charge in [0.1, 0.15) is 29.4 Å². The maximum atomic E-state index is 15.4. The summed E-state index contributed by atoms with van der Waals surface area (Å²) < 4.78 is 86.5. The van der Waals surface area contributed by atoms with Crippen molar-refractivity contribution < 1.29 is 36.2 Å². The third-order valence-corrected chi connectivity index (χ3v) is 5.44. The number of hydrogen-bond donors (Lipinski definition) is 3. The van der Waals surface area contributed by atoms with Crippen molar-refractivity contribution >= 4 is 17.5 Å². The Labute approximate surface area is 199 Å². The second-order valence-corrected chi connectivity index (χ2v) is 7.94. The number of benzene rings is 2. The summed E-state index contributed by atoms with van der Waals surface area (Å²) in [6.07, 6.45) is -1.60. The lowest BCUT2D eigenvalue weighted by atomic mass is 9.98. The van der Waals surface area contributed by atoms with Crippen molar-refractivity contribution in [2.75, 3.05) is 12.3 Å². The van der Waals surface area contributed by atoms with Crippen LogP contribution in [0, 0.1) is 30.2 Å². The molecular formula is C23H17F6N5O2. The van der Waals surface area contributed by atoms with E-state index in [4.69, 9.17) is 5.73 Å². The van der Waals surface area contributed by atoms with Crippen LogP contribution in [-0.4, -0.2) is 38.1 Å². The maximum absolute atomic E-state index is 15.4. The van der Waals surface area contributed by atoms with Gasteiger partial charge in [0, 0.05) is 23.9 Å². The molecule has 4 N–H and O–H groups in total. The summed E-state index contributed by atoms with van der Waals surface area (Å²) in [5, 5.41) is 15.6. The van der Waals surface area contributed by atoms with Crippen molar-refractivity contribution in [1.29, 1.82) is 0 Å². The fraction of sp³-hybridized carbons (Fsp3) is 0.174. The van der Waals surface area contributed by atoms with Crippen molar-refractivity contribution in [2.45, 2.75) is 19.0 Å². The lowest BCUT2D eigenvalue weighted by molar-refractivity contribution is -0.109. The molecule has 13 heteroatoms. The lowest BCUT2D eigenvalue weighted by Gasteiger charge is -2.24. The van der Waals surface area contributed by atoms with Crippen molar-refractivity contribution in [3.8, 4) is 11.1 Å². The number of hydrogen-bond acceptors (Lipinski definition) is 5. The third kappa shape index (κ3) is 4.56. The molecule has 0 aliphatic carbocycles. The van der Waals surface area contributed by atoms with E-state index in [1.807, 2.05) is 0 Å². The summed E-state index contributed by atoms with van der Waals surface area (Å²) in [6, 6.07) is 5.97. The van der Waals surface area contributed by atoms with Crippen LogP contribution in [0.3, 0.4) is 0 Å². The van der Waals surface area contributed by atoms with Gasteiger partial charge in [0.05, 0.1) is 17.7 Å². The van der Waals surface area contributed by atoms with E-state index in [1.54, 1.807) is 5.32 Å². The number of fused-ring (bicyclic) bond motifs is 1. The van der Waals surface area contributed by atoms with Crippen LogP contribution in [0.5, 0.6) is 0 Å². The Bertz CT molecular complexity index is 1470. The second-order valence-electron chi connectivity index (χ2n) is 7.94. The number of pyridine rings is 1. The molecule has 4 aromatic rings. The Morgan fingerprint density at radius 2 is 1.81 bits per heavy atom. The molecule has 36 heavy (non-hydrogen) atoms. The molecule has 0 aliphatic rings. The number of aliphatic hydroxyl groups is 1. The molecule has 0 saturated carbocycles. The van der Waals surface area contributed by atoms with Crippen LogP contribution < -0.4 is 11.1 Å². The number of carbonyl (C=O) groups is 1. The highest BCUT2D eigenvalue weighted by Crippen LogP contribution is 2.34. The Hall–Kier alpha value is -4.13. The number of aryl methyl sites for hydroxylation is 1. The molecule has 0 fully saturated rings. The average molecular weight is 509 g/mol. The molecule has 1 unspecified atom stereocenters. The summed E-state index contributed by atoms with van der Waals surface area (Å²) in [6.45, 7) is -0.224. The smallest absolute Gasteiger partial charge is 0.294 e. The number of aliphatic hydroxyl groups excluding tert-OH is 1. The average Bonchev–Trinajstić information content (AvgIpc) is 3.16. The SMILES string of the molecule is Cc1ccc(-c2ccn3nc(N)nc3c2)c(F)c1C(=O)NCC(F)(F)C(O)c1c(F)cc(F)cc1F. The van der Waals surface area contributed by atoms with Gasteiger partial charge in [0.2, 0.25) is 5.95 Å². The van der Waals surface area contributed by atoms with E-state index >= 15 is 4.39 Å². The molecule has 7 nitrogen and oxygen atoms in total. The van der Waals surface area contributed by atoms with Crippen LogP contribution >= 0.6 is 0 Å². The Kier molecular flexibility index (Phi) is 6.35. The van der Waals surface area contributed by atoms with Gasteiger partial charge in [-0.2, -0.15) is 4.98 Å². The number of rotatable bonds is 6. The number of nitrogen functional groups attached to an aromatic ring is 1. The van der Waals surface area contributed by atoms with E-state index < -0.39 is 58.9 Å². The zero-order valence-corrected chi connectivity index (χ0v) is 18.4. The first-order valence-electron chi connectivity index (χ1n) is 10.3. The number of carbonyl (C=O) groups excluding carboxylic acids is 1. The number of halogens is 6. The fourth-order valence-corrected chi connectivity index (χ4v) is 3.65. The Balaban J connectivity index is 1.59. The topological polar surface area (TPSA) is 106 Å². The zero-order chi connectivity index (χ0) is 26.4. The molecule has 2 aromatic carbocycles. The first-order valence-corrected chi connectivity index (χ1v) is 10.3. The van der Waals surface area contributed by atoms with Gasteiger partial charge in [-0.05, 0) is 30.2 Å². The summed E-state index contributed by atoms with van der Waals surface area (Å²) in [7, 11) is 0. The lowest BCUT2D eigenvalue weighted by Crippen LogP contribution is -2.41. The van der Waals surface area contributed by atoms with Gasteiger partial charge in [-0.15, -0.1) is 5.10 Å². The Morgan fingerprint density at radius 1 is 1.14 bits per heavy atom. The molecule has 188 valence electrons. The summed E-state index contributed by atoms with van der Waals surface area (Å²) in [5.41, 5.74) is 4.17. The highest BCUT2D eigenvalue weighted by atomic mass is 19.3. The van der Waals surface area contributed by atoms with Gasteiger partial charge >= 0.3 is 0 Å². The number of nitrogens with zero attached hydrogens (tertiary/aromatic N) is 3. The molecule has 0 radical (unpaired) electrons. The van der Waals surface area contributed by atoms with Gasteiger partial charge in [0.15, 0.2) is 5.65 Å². The van der Waals surface area contributed by atoms with Crippen molar-refractivity contribution in [2.24, 2.45) is 0 Å². The van der Waals surface area contributed by atoms with Crippen LogP contribution in [0.15, 0.2) is 42.6 Å². The van der Waals surface area contributed by atoms with E-state index in [-0.39, 0.29) is 29.2 Å². The van der Waals surface area contributed by atoms with Crippen LogP contribution in [0.2, 0.25) is 0 Å². The molecule has 0 bridgehead atoms. The molecule has 2 heterocycles. The number of nitrogens with one attached hydrogen (secondary N) is 1. The monoisotopic (exact) mass is 509 g/mol. The number of aromatic nitrogens is 3. The summed E-state index contributed by atoms with van der Waals surface area (Å²) in [4.78, 5) is 16.6. The van der Waals surface area contributed by atoms with E-state index in [0.29, 0.717) is 11.2 Å². The molecular weight excluding hydrogens is 492 g/mol. The minimum atomic E-state index is -4.30. The predicted molar refractivity (Wildman–Crippen MR) is 116 cm³/mol. The predicted octanol–water partition coefficient (Wildman–Crippen LogP) is 3.94. The van der Waals surface area contributed by atoms with Gasteiger partial charge in [-0.3, -0.25) is 4.79 Å². The van der Waals surface area contributed by atoms with Crippen molar-refractivity contribution in [3.63, 3.8) is 0 Å². The highest BCUT2D eigenvalue weighted by molar-refractivity contribution is 5.97. The van der Waals surface area contributed by atoms with Crippen molar-refractivity contribution in [3.05, 3.63) is 82.6 Å². The zero-order valence-electron chi connectivity index (χ0n) is 18.4. The molecule has 0 saturated heterocycles. The minimum absolute atomic E-state index is 0.0138. The van der Waals surface area contributed by atoms with Gasteiger partial charge in [-0.1, -0.05) is 12.1 Å². The highest BCUT2D eigenvalue weighted by Gasteiger charge is 2.43. The third-order valence-electron chi connectivity index (χ3n) is 5.44. The van der Waals surface area contributed by atoms with E-state index in [0.717, 1.165) is 0 Å². The van der Waals surface area contributed by atoms with Gasteiger partial charge < -0.3 is 16.2 Å². The quantitative estimate of drug-likeness (QED) is 0.342. The number of amides is 1. The van der Waals surface area contributed by atoms with Crippen LogP contribution in [-0.2, 0) is 0 Å². The van der Waals surface area contributed by atoms with Gasteiger partial charge in [0.25, 0.3) is 11.8 Å². The number of alkyl halides is 2. The second kappa shape index (κ2) is 9.15. The van der Waals surface area contributed by atoms with Crippen LogP contribution in [0.25, 0.3) is 16.8 Å². The molecule has 4 rings (SSSR count). The molecule has 0 spiro atoms. The normalized spacial score (nSPS) is 12.7. The van der Waals surface area contributed by atoms with E-state index in [1.165, 1.54) is 41.9 Å². The maximum Gasteiger partial charge on any atom is 0.294 e.